The van der Waals surface area contributed by atoms with E-state index in [4.69, 9.17) is 0 Å². The molecule has 0 bridgehead atoms. The zero-order valence-electron chi connectivity index (χ0n) is 12.4. The second-order valence-corrected chi connectivity index (χ2v) is 7.46. The molecule has 0 saturated heterocycles. The molecule has 2 N–H and O–H groups in total. The van der Waals surface area contributed by atoms with Crippen molar-refractivity contribution < 1.29 is 22.0 Å². The van der Waals surface area contributed by atoms with Gasteiger partial charge in [-0.2, -0.15) is 0 Å². The monoisotopic (exact) mass is 418 g/mol. The molecule has 2 aromatic rings. The van der Waals surface area contributed by atoms with Gasteiger partial charge in [0.15, 0.2) is 0 Å². The van der Waals surface area contributed by atoms with Crippen LogP contribution in [0, 0.1) is 11.6 Å². The lowest BCUT2D eigenvalue weighted by Gasteiger charge is -2.10. The average Bonchev–Trinajstić information content (AvgIpc) is 2.52. The van der Waals surface area contributed by atoms with Crippen molar-refractivity contribution in [2.24, 2.45) is 0 Å². The van der Waals surface area contributed by atoms with E-state index < -0.39 is 27.4 Å². The molecule has 24 heavy (non-hydrogen) atoms. The standard InChI is InChI=1S/C15H13BrF2N2O3S/c1-19-15(21)10-4-2-9(3-5-10)8-24(22,23)20-14-6-11(16)12(17)7-13(14)18/h2-7,20H,8H2,1H3,(H,19,21). The van der Waals surface area contributed by atoms with Crippen LogP contribution in [0.4, 0.5) is 14.5 Å². The van der Waals surface area contributed by atoms with Crippen LogP contribution in [0.15, 0.2) is 40.9 Å². The molecule has 9 heteroatoms. The van der Waals surface area contributed by atoms with Crippen LogP contribution in [-0.4, -0.2) is 21.4 Å². The summed E-state index contributed by atoms with van der Waals surface area (Å²) in [5, 5.41) is 2.45. The van der Waals surface area contributed by atoms with Crippen LogP contribution < -0.4 is 10.0 Å². The molecular weight excluding hydrogens is 406 g/mol. The quantitative estimate of drug-likeness (QED) is 0.732. The van der Waals surface area contributed by atoms with Crippen LogP contribution in [0.3, 0.4) is 0 Å². The van der Waals surface area contributed by atoms with E-state index in [0.29, 0.717) is 17.2 Å². The lowest BCUT2D eigenvalue weighted by molar-refractivity contribution is 0.0963. The number of benzene rings is 2. The molecule has 1 amide bonds. The van der Waals surface area contributed by atoms with Crippen molar-refractivity contribution in [1.29, 1.82) is 0 Å². The first kappa shape index (κ1) is 18.3. The van der Waals surface area contributed by atoms with Crippen LogP contribution >= 0.6 is 15.9 Å². The third kappa shape index (κ3) is 4.51. The van der Waals surface area contributed by atoms with Gasteiger partial charge in [-0.25, -0.2) is 17.2 Å². The largest absolute Gasteiger partial charge is 0.355 e. The fraction of sp³-hybridized carbons (Fsp3) is 0.133. The molecule has 128 valence electrons. The van der Waals surface area contributed by atoms with E-state index in [9.17, 15) is 22.0 Å². The molecule has 0 aliphatic heterocycles. The minimum absolute atomic E-state index is 0.0588. The van der Waals surface area contributed by atoms with Gasteiger partial charge in [0.05, 0.1) is 15.9 Å². The number of carbonyl (C=O) groups excluding carboxylic acids is 1. The van der Waals surface area contributed by atoms with Gasteiger partial charge < -0.3 is 5.32 Å². The molecule has 2 rings (SSSR count). The van der Waals surface area contributed by atoms with E-state index in [2.05, 4.69) is 26.0 Å². The summed E-state index contributed by atoms with van der Waals surface area (Å²) < 4.78 is 53.1. The van der Waals surface area contributed by atoms with Gasteiger partial charge in [-0.05, 0) is 39.7 Å². The normalized spacial score (nSPS) is 11.2. The number of rotatable bonds is 5. The fourth-order valence-corrected chi connectivity index (χ4v) is 3.46. The van der Waals surface area contributed by atoms with E-state index >= 15 is 0 Å². The second kappa shape index (κ2) is 7.27. The first-order valence-electron chi connectivity index (χ1n) is 6.68. The van der Waals surface area contributed by atoms with Gasteiger partial charge in [0.2, 0.25) is 10.0 Å². The highest BCUT2D eigenvalue weighted by atomic mass is 79.9. The molecule has 0 radical (unpaired) electrons. The molecule has 0 fully saturated rings. The van der Waals surface area contributed by atoms with Crippen molar-refractivity contribution in [3.8, 4) is 0 Å². The number of nitrogens with one attached hydrogen (secondary N) is 2. The van der Waals surface area contributed by atoms with Crippen molar-refractivity contribution in [2.45, 2.75) is 5.75 Å². The predicted molar refractivity (Wildman–Crippen MR) is 90.1 cm³/mol. The summed E-state index contributed by atoms with van der Waals surface area (Å²) in [5.74, 6) is -2.56. The Hall–Kier alpha value is -2.00. The van der Waals surface area contributed by atoms with E-state index in [-0.39, 0.29) is 16.1 Å². The van der Waals surface area contributed by atoms with Gasteiger partial charge in [0, 0.05) is 18.7 Å². The number of sulfonamides is 1. The highest BCUT2D eigenvalue weighted by molar-refractivity contribution is 9.10. The third-order valence-corrected chi connectivity index (χ3v) is 4.93. The number of carbonyl (C=O) groups is 1. The summed E-state index contributed by atoms with van der Waals surface area (Å²) in [7, 11) is -2.43. The molecule has 0 aliphatic carbocycles. The predicted octanol–water partition coefficient (Wildman–Crippen LogP) is 3.03. The Kier molecular flexibility index (Phi) is 5.55. The Balaban J connectivity index is 2.17. The summed E-state index contributed by atoms with van der Waals surface area (Å²) in [5.41, 5.74) is 0.446. The van der Waals surface area contributed by atoms with Crippen LogP contribution in [0.25, 0.3) is 0 Å². The molecule has 0 atom stereocenters. The maximum absolute atomic E-state index is 13.6. The van der Waals surface area contributed by atoms with Gasteiger partial charge >= 0.3 is 0 Å². The Bertz CT molecular complexity index is 871. The molecule has 2 aromatic carbocycles. The topological polar surface area (TPSA) is 75.3 Å². The number of anilines is 1. The summed E-state index contributed by atoms with van der Waals surface area (Å²) in [6.07, 6.45) is 0. The maximum atomic E-state index is 13.6. The molecule has 5 nitrogen and oxygen atoms in total. The second-order valence-electron chi connectivity index (χ2n) is 4.88. The first-order chi connectivity index (χ1) is 11.2. The van der Waals surface area contributed by atoms with Gasteiger partial charge in [0.1, 0.15) is 11.6 Å². The Labute approximate surface area is 146 Å². The SMILES string of the molecule is CNC(=O)c1ccc(CS(=O)(=O)Nc2cc(Br)c(F)cc2F)cc1. The fourth-order valence-electron chi connectivity index (χ4n) is 1.92. The highest BCUT2D eigenvalue weighted by Crippen LogP contribution is 2.25. The van der Waals surface area contributed by atoms with Gasteiger partial charge in [-0.3, -0.25) is 9.52 Å². The molecular formula is C15H13BrF2N2O3S. The first-order valence-corrected chi connectivity index (χ1v) is 9.12. The zero-order chi connectivity index (χ0) is 17.9. The molecule has 0 spiro atoms. The summed E-state index contributed by atoms with van der Waals surface area (Å²) in [6.45, 7) is 0. The van der Waals surface area contributed by atoms with E-state index in [1.54, 1.807) is 0 Å². The summed E-state index contributed by atoms with van der Waals surface area (Å²) in [4.78, 5) is 11.4. The van der Waals surface area contributed by atoms with Gasteiger partial charge in [-0.1, -0.05) is 12.1 Å². The Morgan fingerprint density at radius 1 is 1.12 bits per heavy atom. The smallest absolute Gasteiger partial charge is 0.251 e. The van der Waals surface area contributed by atoms with Crippen molar-refractivity contribution in [1.82, 2.24) is 5.32 Å². The van der Waals surface area contributed by atoms with E-state index in [1.165, 1.54) is 31.3 Å². The highest BCUT2D eigenvalue weighted by Gasteiger charge is 2.16. The Morgan fingerprint density at radius 3 is 2.33 bits per heavy atom. The summed E-state index contributed by atoms with van der Waals surface area (Å²) >= 11 is 2.87. The van der Waals surface area contributed by atoms with Gasteiger partial charge in [0.25, 0.3) is 5.91 Å². The molecule has 0 saturated carbocycles. The van der Waals surface area contributed by atoms with E-state index in [1.807, 2.05) is 0 Å². The molecule has 0 heterocycles. The zero-order valence-corrected chi connectivity index (χ0v) is 14.8. The van der Waals surface area contributed by atoms with Gasteiger partial charge in [-0.15, -0.1) is 0 Å². The van der Waals surface area contributed by atoms with Crippen LogP contribution in [0.1, 0.15) is 15.9 Å². The number of hydrogen-bond acceptors (Lipinski definition) is 3. The van der Waals surface area contributed by atoms with Crippen molar-refractivity contribution in [3.63, 3.8) is 0 Å². The van der Waals surface area contributed by atoms with Crippen molar-refractivity contribution >= 4 is 37.5 Å². The van der Waals surface area contributed by atoms with Crippen molar-refractivity contribution in [3.05, 3.63) is 63.6 Å². The minimum Gasteiger partial charge on any atom is -0.355 e. The minimum atomic E-state index is -3.91. The molecule has 0 aromatic heterocycles. The molecule has 0 unspecified atom stereocenters. The maximum Gasteiger partial charge on any atom is 0.251 e. The van der Waals surface area contributed by atoms with Crippen LogP contribution in [-0.2, 0) is 15.8 Å². The van der Waals surface area contributed by atoms with Crippen LogP contribution in [0.2, 0.25) is 0 Å². The number of halogens is 3. The third-order valence-electron chi connectivity index (χ3n) is 3.08. The van der Waals surface area contributed by atoms with E-state index in [0.717, 1.165) is 6.07 Å². The number of amides is 1. The lowest BCUT2D eigenvalue weighted by atomic mass is 10.1. The average molecular weight is 419 g/mol. The number of hydrogen-bond donors (Lipinski definition) is 2. The Morgan fingerprint density at radius 2 is 1.75 bits per heavy atom. The lowest BCUT2D eigenvalue weighted by Crippen LogP contribution is -2.18. The van der Waals surface area contributed by atoms with Crippen LogP contribution in [0.5, 0.6) is 0 Å². The summed E-state index contributed by atoms with van der Waals surface area (Å²) in [6, 6.07) is 7.54. The van der Waals surface area contributed by atoms with Crippen molar-refractivity contribution in [2.75, 3.05) is 11.8 Å². The molecule has 0 aliphatic rings.